The summed E-state index contributed by atoms with van der Waals surface area (Å²) in [4.78, 5) is 4.21. The first kappa shape index (κ1) is 19.5. The van der Waals surface area contributed by atoms with E-state index < -0.39 is 27.4 Å². The zero-order valence-electron chi connectivity index (χ0n) is 14.9. The molecule has 2 heterocycles. The van der Waals surface area contributed by atoms with Crippen molar-refractivity contribution < 1.29 is 22.3 Å². The predicted octanol–water partition coefficient (Wildman–Crippen LogP) is 5.00. The number of phenolic OH excluding ortho intramolecular Hbond substituents is 1. The molecule has 0 spiro atoms. The molecular formula is C20H13BrF2N2O3S. The lowest BCUT2D eigenvalue weighted by Crippen LogP contribution is -2.12. The highest BCUT2D eigenvalue weighted by Crippen LogP contribution is 2.39. The Kier molecular flexibility index (Phi) is 4.66. The Labute approximate surface area is 173 Å². The van der Waals surface area contributed by atoms with Gasteiger partial charge >= 0.3 is 0 Å². The third-order valence-corrected chi connectivity index (χ3v) is 6.57. The van der Waals surface area contributed by atoms with E-state index in [9.17, 15) is 22.3 Å². The van der Waals surface area contributed by atoms with Crippen LogP contribution in [0.5, 0.6) is 5.75 Å². The molecule has 1 N–H and O–H groups in total. The zero-order valence-corrected chi connectivity index (χ0v) is 17.3. The van der Waals surface area contributed by atoms with Gasteiger partial charge in [-0.2, -0.15) is 0 Å². The number of aromatic nitrogens is 2. The third-order valence-electron chi connectivity index (χ3n) is 4.47. The molecule has 2 aromatic carbocycles. The molecular weight excluding hydrogens is 466 g/mol. The summed E-state index contributed by atoms with van der Waals surface area (Å²) in [7, 11) is -4.05. The first-order valence-corrected chi connectivity index (χ1v) is 10.6. The Hall–Kier alpha value is -2.78. The van der Waals surface area contributed by atoms with Crippen molar-refractivity contribution in [2.75, 3.05) is 0 Å². The minimum absolute atomic E-state index is 0.0333. The summed E-state index contributed by atoms with van der Waals surface area (Å²) in [5, 5.41) is 10.4. The van der Waals surface area contributed by atoms with Gasteiger partial charge in [0.1, 0.15) is 5.82 Å². The quantitative estimate of drug-likeness (QED) is 0.449. The molecule has 0 radical (unpaired) electrons. The summed E-state index contributed by atoms with van der Waals surface area (Å²) in [5.41, 5.74) is 0.905. The van der Waals surface area contributed by atoms with Crippen LogP contribution in [0, 0.1) is 18.6 Å². The number of rotatable bonds is 3. The van der Waals surface area contributed by atoms with E-state index in [0.717, 1.165) is 15.6 Å². The van der Waals surface area contributed by atoms with Crippen LogP contribution in [0.3, 0.4) is 0 Å². The second-order valence-corrected chi connectivity index (χ2v) is 9.20. The van der Waals surface area contributed by atoms with Crippen molar-refractivity contribution in [3.05, 3.63) is 76.5 Å². The summed E-state index contributed by atoms with van der Waals surface area (Å²) in [6.07, 6.45) is 2.62. The molecule has 9 heteroatoms. The van der Waals surface area contributed by atoms with Crippen LogP contribution in [0.1, 0.15) is 5.56 Å². The average Bonchev–Trinajstić information content (AvgIpc) is 3.04. The molecule has 0 fully saturated rings. The van der Waals surface area contributed by atoms with E-state index in [1.807, 2.05) is 6.92 Å². The number of aryl methyl sites for hydroxylation is 1. The summed E-state index contributed by atoms with van der Waals surface area (Å²) >= 11 is 3.27. The minimum atomic E-state index is -4.05. The molecule has 2 aromatic heterocycles. The molecule has 0 bridgehead atoms. The second-order valence-electron chi connectivity index (χ2n) is 6.47. The van der Waals surface area contributed by atoms with Crippen molar-refractivity contribution in [2.24, 2.45) is 0 Å². The number of hydrogen-bond donors (Lipinski definition) is 1. The van der Waals surface area contributed by atoms with E-state index in [4.69, 9.17) is 0 Å². The fourth-order valence-corrected chi connectivity index (χ4v) is 4.70. The van der Waals surface area contributed by atoms with Crippen molar-refractivity contribution >= 4 is 37.0 Å². The summed E-state index contributed by atoms with van der Waals surface area (Å²) in [6.45, 7) is 1.83. The fourth-order valence-electron chi connectivity index (χ4n) is 3.05. The normalized spacial score (nSPS) is 11.9. The summed E-state index contributed by atoms with van der Waals surface area (Å²) in [5.74, 6) is -2.83. The maximum Gasteiger partial charge on any atom is 0.269 e. The van der Waals surface area contributed by atoms with Gasteiger partial charge in [0.25, 0.3) is 10.0 Å². The minimum Gasteiger partial charge on any atom is -0.504 e. The van der Waals surface area contributed by atoms with Crippen molar-refractivity contribution in [1.82, 2.24) is 8.96 Å². The maximum atomic E-state index is 13.9. The van der Waals surface area contributed by atoms with E-state index in [1.165, 1.54) is 24.5 Å². The molecule has 4 aromatic rings. The number of nitrogens with zero attached hydrogens (tertiary/aromatic N) is 2. The molecule has 0 saturated carbocycles. The lowest BCUT2D eigenvalue weighted by Gasteiger charge is -2.07. The van der Waals surface area contributed by atoms with E-state index in [-0.39, 0.29) is 21.7 Å². The molecule has 148 valence electrons. The van der Waals surface area contributed by atoms with Crippen LogP contribution in [-0.4, -0.2) is 22.5 Å². The van der Waals surface area contributed by atoms with Gasteiger partial charge in [-0.3, -0.25) is 0 Å². The van der Waals surface area contributed by atoms with Gasteiger partial charge in [0.05, 0.1) is 4.90 Å². The van der Waals surface area contributed by atoms with Crippen LogP contribution < -0.4 is 0 Å². The zero-order chi connectivity index (χ0) is 20.9. The Morgan fingerprint density at radius 3 is 2.45 bits per heavy atom. The lowest BCUT2D eigenvalue weighted by atomic mass is 10.0. The molecule has 0 atom stereocenters. The molecule has 0 aliphatic heterocycles. The van der Waals surface area contributed by atoms with Crippen LogP contribution in [0.2, 0.25) is 0 Å². The van der Waals surface area contributed by atoms with Gasteiger partial charge in [-0.05, 0) is 47.1 Å². The largest absolute Gasteiger partial charge is 0.504 e. The van der Waals surface area contributed by atoms with Crippen LogP contribution in [0.4, 0.5) is 8.78 Å². The van der Waals surface area contributed by atoms with Crippen LogP contribution >= 0.6 is 15.9 Å². The standard InChI is InChI=1S/C20H13BrF2N2O3S/c1-11-2-4-14(5-3-11)29(27,28)25-10-17(16-6-12(21)9-24-20(16)25)15-7-13(22)8-18(23)19(15)26/h2-10,26H,1H3. The van der Waals surface area contributed by atoms with Crippen LogP contribution in [-0.2, 0) is 10.0 Å². The van der Waals surface area contributed by atoms with Crippen molar-refractivity contribution in [1.29, 1.82) is 0 Å². The topological polar surface area (TPSA) is 72.2 Å². The molecule has 0 amide bonds. The van der Waals surface area contributed by atoms with Gasteiger partial charge in [0.15, 0.2) is 17.2 Å². The first-order chi connectivity index (χ1) is 13.7. The molecule has 0 saturated heterocycles. The van der Waals surface area contributed by atoms with E-state index in [1.54, 1.807) is 18.2 Å². The summed E-state index contributed by atoms with van der Waals surface area (Å²) in [6, 6.07) is 9.32. The van der Waals surface area contributed by atoms with Gasteiger partial charge in [-0.25, -0.2) is 26.2 Å². The van der Waals surface area contributed by atoms with Crippen molar-refractivity contribution in [3.63, 3.8) is 0 Å². The number of hydrogen-bond acceptors (Lipinski definition) is 4. The monoisotopic (exact) mass is 478 g/mol. The van der Waals surface area contributed by atoms with E-state index >= 15 is 0 Å². The number of benzene rings is 2. The SMILES string of the molecule is Cc1ccc(S(=O)(=O)n2cc(-c3cc(F)cc(F)c3O)c3cc(Br)cnc32)cc1. The van der Waals surface area contributed by atoms with Crippen molar-refractivity contribution in [3.8, 4) is 16.9 Å². The highest BCUT2D eigenvalue weighted by atomic mass is 79.9. The number of pyridine rings is 1. The molecule has 0 unspecified atom stereocenters. The Bertz CT molecular complexity index is 1370. The number of halogens is 3. The van der Waals surface area contributed by atoms with Gasteiger partial charge in [0, 0.05) is 39.4 Å². The summed E-state index contributed by atoms with van der Waals surface area (Å²) < 4.78 is 55.6. The predicted molar refractivity (Wildman–Crippen MR) is 108 cm³/mol. The Morgan fingerprint density at radius 2 is 1.76 bits per heavy atom. The molecule has 5 nitrogen and oxygen atoms in total. The van der Waals surface area contributed by atoms with Gasteiger partial charge in [-0.1, -0.05) is 17.7 Å². The maximum absolute atomic E-state index is 13.9. The van der Waals surface area contributed by atoms with Crippen LogP contribution in [0.25, 0.3) is 22.2 Å². The number of fused-ring (bicyclic) bond motifs is 1. The van der Waals surface area contributed by atoms with Crippen molar-refractivity contribution in [2.45, 2.75) is 11.8 Å². The number of aromatic hydroxyl groups is 1. The highest BCUT2D eigenvalue weighted by Gasteiger charge is 2.25. The highest BCUT2D eigenvalue weighted by molar-refractivity contribution is 9.10. The average molecular weight is 479 g/mol. The van der Waals surface area contributed by atoms with E-state index in [2.05, 4.69) is 20.9 Å². The molecule has 4 rings (SSSR count). The molecule has 0 aliphatic rings. The van der Waals surface area contributed by atoms with Crippen LogP contribution in [0.15, 0.2) is 64.2 Å². The molecule has 29 heavy (non-hydrogen) atoms. The smallest absolute Gasteiger partial charge is 0.269 e. The Balaban J connectivity index is 2.05. The first-order valence-electron chi connectivity index (χ1n) is 8.35. The lowest BCUT2D eigenvalue weighted by molar-refractivity contribution is 0.430. The second kappa shape index (κ2) is 6.93. The number of phenols is 1. The fraction of sp³-hybridized carbons (Fsp3) is 0.0500. The third kappa shape index (κ3) is 3.30. The molecule has 0 aliphatic carbocycles. The van der Waals surface area contributed by atoms with E-state index in [0.29, 0.717) is 15.9 Å². The van der Waals surface area contributed by atoms with Gasteiger partial charge in [0.2, 0.25) is 0 Å². The Morgan fingerprint density at radius 1 is 1.07 bits per heavy atom. The van der Waals surface area contributed by atoms with Gasteiger partial charge < -0.3 is 5.11 Å². The van der Waals surface area contributed by atoms with Gasteiger partial charge in [-0.15, -0.1) is 0 Å².